The van der Waals surface area contributed by atoms with Gasteiger partial charge >= 0.3 is 5.97 Å². The van der Waals surface area contributed by atoms with Crippen LogP contribution in [-0.2, 0) is 4.74 Å². The zero-order valence-corrected chi connectivity index (χ0v) is 10.0. The molecule has 1 saturated carbocycles. The van der Waals surface area contributed by atoms with Crippen LogP contribution in [-0.4, -0.2) is 24.8 Å². The minimum atomic E-state index is -0.576. The predicted molar refractivity (Wildman–Crippen MR) is 62.4 cm³/mol. The summed E-state index contributed by atoms with van der Waals surface area (Å²) in [5, 5.41) is 9.77. The van der Waals surface area contributed by atoms with Crippen molar-refractivity contribution < 1.29 is 19.4 Å². The Hall–Kier alpha value is -1.71. The summed E-state index contributed by atoms with van der Waals surface area (Å²) in [6.07, 6.45) is 2.34. The van der Waals surface area contributed by atoms with Crippen LogP contribution in [0.5, 0.6) is 11.5 Å². The Morgan fingerprint density at radius 3 is 2.76 bits per heavy atom. The van der Waals surface area contributed by atoms with Gasteiger partial charge in [-0.25, -0.2) is 4.79 Å². The zero-order valence-electron chi connectivity index (χ0n) is 10.0. The molecule has 1 aromatic rings. The third-order valence-electron chi connectivity index (χ3n) is 2.79. The van der Waals surface area contributed by atoms with Crippen LogP contribution < -0.4 is 4.74 Å². The molecule has 2 rings (SSSR count). The fourth-order valence-corrected chi connectivity index (χ4v) is 1.65. The van der Waals surface area contributed by atoms with E-state index in [2.05, 4.69) is 4.74 Å². The first-order valence-corrected chi connectivity index (χ1v) is 5.66. The number of esters is 1. The van der Waals surface area contributed by atoms with Crippen molar-refractivity contribution in [2.45, 2.75) is 19.8 Å². The highest BCUT2D eigenvalue weighted by Gasteiger charge is 2.24. The Labute approximate surface area is 100 Å². The van der Waals surface area contributed by atoms with Gasteiger partial charge in [-0.3, -0.25) is 0 Å². The van der Waals surface area contributed by atoms with Gasteiger partial charge in [0.05, 0.1) is 13.7 Å². The Balaban J connectivity index is 2.28. The second-order valence-corrected chi connectivity index (χ2v) is 4.40. The van der Waals surface area contributed by atoms with E-state index in [9.17, 15) is 9.90 Å². The standard InChI is InChI=1S/C13H16O4/c1-8-5-10(14)12(13(15)16-2)11(6-8)17-7-9-3-4-9/h5-6,9,14H,3-4,7H2,1-2H3. The minimum Gasteiger partial charge on any atom is -0.507 e. The molecule has 1 fully saturated rings. The molecule has 4 heteroatoms. The molecule has 0 aliphatic heterocycles. The highest BCUT2D eigenvalue weighted by Crippen LogP contribution is 2.33. The van der Waals surface area contributed by atoms with E-state index in [-0.39, 0.29) is 11.3 Å². The van der Waals surface area contributed by atoms with Gasteiger partial charge in [-0.15, -0.1) is 0 Å². The number of hydrogen-bond donors (Lipinski definition) is 1. The molecule has 0 bridgehead atoms. The summed E-state index contributed by atoms with van der Waals surface area (Å²) in [7, 11) is 1.28. The van der Waals surface area contributed by atoms with Gasteiger partial charge in [-0.2, -0.15) is 0 Å². The Morgan fingerprint density at radius 2 is 2.18 bits per heavy atom. The van der Waals surface area contributed by atoms with E-state index < -0.39 is 5.97 Å². The number of carbonyl (C=O) groups excluding carboxylic acids is 1. The molecule has 0 unspecified atom stereocenters. The van der Waals surface area contributed by atoms with Crippen LogP contribution in [0.25, 0.3) is 0 Å². The first-order chi connectivity index (χ1) is 8.11. The largest absolute Gasteiger partial charge is 0.507 e. The zero-order chi connectivity index (χ0) is 12.4. The number of aryl methyl sites for hydroxylation is 1. The Morgan fingerprint density at radius 1 is 1.47 bits per heavy atom. The maximum absolute atomic E-state index is 11.6. The second-order valence-electron chi connectivity index (χ2n) is 4.40. The van der Waals surface area contributed by atoms with Crippen LogP contribution in [0.3, 0.4) is 0 Å². The first-order valence-electron chi connectivity index (χ1n) is 5.66. The van der Waals surface area contributed by atoms with Gasteiger partial charge in [0.15, 0.2) is 0 Å². The summed E-state index contributed by atoms with van der Waals surface area (Å²) in [4.78, 5) is 11.6. The SMILES string of the molecule is COC(=O)c1c(O)cc(C)cc1OCC1CC1. The highest BCUT2D eigenvalue weighted by molar-refractivity contribution is 5.95. The van der Waals surface area contributed by atoms with Crippen molar-refractivity contribution in [2.75, 3.05) is 13.7 Å². The van der Waals surface area contributed by atoms with E-state index in [4.69, 9.17) is 4.74 Å². The minimum absolute atomic E-state index is 0.0948. The smallest absolute Gasteiger partial charge is 0.345 e. The van der Waals surface area contributed by atoms with Crippen LogP contribution in [0, 0.1) is 12.8 Å². The molecule has 92 valence electrons. The fraction of sp³-hybridized carbons (Fsp3) is 0.462. The van der Waals surface area contributed by atoms with Crippen molar-refractivity contribution in [1.82, 2.24) is 0 Å². The van der Waals surface area contributed by atoms with Crippen LogP contribution in [0.15, 0.2) is 12.1 Å². The molecule has 0 heterocycles. The maximum Gasteiger partial charge on any atom is 0.345 e. The average molecular weight is 236 g/mol. The van der Waals surface area contributed by atoms with Gasteiger partial charge in [0.1, 0.15) is 17.1 Å². The van der Waals surface area contributed by atoms with Crippen molar-refractivity contribution in [2.24, 2.45) is 5.92 Å². The lowest BCUT2D eigenvalue weighted by Gasteiger charge is -2.12. The number of carbonyl (C=O) groups is 1. The first kappa shape index (κ1) is 11.8. The molecule has 0 amide bonds. The van der Waals surface area contributed by atoms with E-state index in [1.54, 1.807) is 6.07 Å². The molecule has 0 saturated heterocycles. The number of methoxy groups -OCH3 is 1. The predicted octanol–water partition coefficient (Wildman–Crippen LogP) is 2.28. The maximum atomic E-state index is 11.6. The Kier molecular flexibility index (Phi) is 3.22. The third-order valence-corrected chi connectivity index (χ3v) is 2.79. The fourth-order valence-electron chi connectivity index (χ4n) is 1.65. The monoisotopic (exact) mass is 236 g/mol. The van der Waals surface area contributed by atoms with Gasteiger partial charge < -0.3 is 14.6 Å². The van der Waals surface area contributed by atoms with Gasteiger partial charge in [-0.05, 0) is 43.4 Å². The van der Waals surface area contributed by atoms with Gasteiger partial charge in [0, 0.05) is 0 Å². The Bertz CT molecular complexity index is 435. The summed E-state index contributed by atoms with van der Waals surface area (Å²) >= 11 is 0. The number of hydrogen-bond acceptors (Lipinski definition) is 4. The van der Waals surface area contributed by atoms with Crippen LogP contribution in [0.1, 0.15) is 28.8 Å². The lowest BCUT2D eigenvalue weighted by atomic mass is 10.1. The molecule has 1 aliphatic carbocycles. The number of aromatic hydroxyl groups is 1. The van der Waals surface area contributed by atoms with Crippen LogP contribution >= 0.6 is 0 Å². The topological polar surface area (TPSA) is 55.8 Å². The molecular weight excluding hydrogens is 220 g/mol. The van der Waals surface area contributed by atoms with E-state index in [0.29, 0.717) is 18.3 Å². The number of ether oxygens (including phenoxy) is 2. The molecule has 0 atom stereocenters. The van der Waals surface area contributed by atoms with Crippen LogP contribution in [0.2, 0.25) is 0 Å². The summed E-state index contributed by atoms with van der Waals surface area (Å²) in [6, 6.07) is 3.27. The number of phenols is 1. The molecule has 0 spiro atoms. The van der Waals surface area contributed by atoms with Crippen molar-refractivity contribution in [3.05, 3.63) is 23.3 Å². The molecule has 1 N–H and O–H groups in total. The molecule has 1 aromatic carbocycles. The molecule has 0 aromatic heterocycles. The van der Waals surface area contributed by atoms with Crippen molar-refractivity contribution >= 4 is 5.97 Å². The van der Waals surface area contributed by atoms with E-state index in [1.807, 2.05) is 6.92 Å². The normalized spacial score (nSPS) is 14.5. The van der Waals surface area contributed by atoms with E-state index in [0.717, 1.165) is 5.56 Å². The van der Waals surface area contributed by atoms with Gasteiger partial charge in [0.25, 0.3) is 0 Å². The number of benzene rings is 1. The highest BCUT2D eigenvalue weighted by atomic mass is 16.5. The van der Waals surface area contributed by atoms with Gasteiger partial charge in [-0.1, -0.05) is 0 Å². The van der Waals surface area contributed by atoms with Gasteiger partial charge in [0.2, 0.25) is 0 Å². The number of phenolic OH excluding ortho intramolecular Hbond substituents is 1. The summed E-state index contributed by atoms with van der Waals surface area (Å²) < 4.78 is 10.2. The van der Waals surface area contributed by atoms with Crippen molar-refractivity contribution in [3.8, 4) is 11.5 Å². The average Bonchev–Trinajstić information content (AvgIpc) is 3.08. The molecule has 17 heavy (non-hydrogen) atoms. The van der Waals surface area contributed by atoms with Crippen molar-refractivity contribution in [3.63, 3.8) is 0 Å². The summed E-state index contributed by atoms with van der Waals surface area (Å²) in [5.41, 5.74) is 0.958. The lowest BCUT2D eigenvalue weighted by Crippen LogP contribution is -2.08. The van der Waals surface area contributed by atoms with Crippen molar-refractivity contribution in [1.29, 1.82) is 0 Å². The lowest BCUT2D eigenvalue weighted by molar-refractivity contribution is 0.0592. The quantitative estimate of drug-likeness (QED) is 0.815. The number of rotatable bonds is 4. The summed E-state index contributed by atoms with van der Waals surface area (Å²) in [5.74, 6) is 0.320. The summed E-state index contributed by atoms with van der Waals surface area (Å²) in [6.45, 7) is 2.43. The molecule has 1 aliphatic rings. The van der Waals surface area contributed by atoms with Crippen LogP contribution in [0.4, 0.5) is 0 Å². The molecule has 0 radical (unpaired) electrons. The van der Waals surface area contributed by atoms with E-state index in [1.165, 1.54) is 26.0 Å². The third kappa shape index (κ3) is 2.70. The van der Waals surface area contributed by atoms with E-state index >= 15 is 0 Å². The molecular formula is C13H16O4. The second kappa shape index (κ2) is 4.65. The molecule has 4 nitrogen and oxygen atoms in total.